The van der Waals surface area contributed by atoms with Crippen LogP contribution in [-0.2, 0) is 16.4 Å². The van der Waals surface area contributed by atoms with Gasteiger partial charge in [-0.25, -0.2) is 13.1 Å². The molecule has 3 aromatic rings. The van der Waals surface area contributed by atoms with Crippen LogP contribution in [0.2, 0.25) is 0 Å². The van der Waals surface area contributed by atoms with E-state index in [1.807, 2.05) is 30.3 Å². The minimum absolute atomic E-state index is 0.116. The van der Waals surface area contributed by atoms with Crippen molar-refractivity contribution in [2.45, 2.75) is 11.3 Å². The molecule has 2 heterocycles. The van der Waals surface area contributed by atoms with E-state index in [4.69, 9.17) is 14.0 Å². The summed E-state index contributed by atoms with van der Waals surface area (Å²) >= 11 is 0. The average Bonchev–Trinajstić information content (AvgIpc) is 3.17. The SMILES string of the molecule is O=S(=O)(NCCc1noc(-c2ccccc2)n1)c1ccc2c(c1)OCCO2. The third kappa shape index (κ3) is 3.93. The molecule has 0 saturated carbocycles. The Morgan fingerprint density at radius 2 is 1.78 bits per heavy atom. The Morgan fingerprint density at radius 1 is 1.00 bits per heavy atom. The molecule has 0 fully saturated rings. The van der Waals surface area contributed by atoms with Crippen LogP contribution in [-0.4, -0.2) is 38.3 Å². The summed E-state index contributed by atoms with van der Waals surface area (Å²) in [5.74, 6) is 1.80. The van der Waals surface area contributed by atoms with E-state index in [-0.39, 0.29) is 11.4 Å². The second-order valence-electron chi connectivity index (χ2n) is 5.84. The largest absolute Gasteiger partial charge is 0.486 e. The Morgan fingerprint density at radius 3 is 2.59 bits per heavy atom. The number of hydrogen-bond donors (Lipinski definition) is 1. The van der Waals surface area contributed by atoms with Gasteiger partial charge in [0.15, 0.2) is 17.3 Å². The van der Waals surface area contributed by atoms with E-state index >= 15 is 0 Å². The zero-order valence-electron chi connectivity index (χ0n) is 14.3. The van der Waals surface area contributed by atoms with Gasteiger partial charge < -0.3 is 14.0 Å². The van der Waals surface area contributed by atoms with Crippen LogP contribution < -0.4 is 14.2 Å². The van der Waals surface area contributed by atoms with Gasteiger partial charge in [-0.05, 0) is 24.3 Å². The predicted molar refractivity (Wildman–Crippen MR) is 96.1 cm³/mol. The molecule has 0 radical (unpaired) electrons. The Kier molecular flexibility index (Phi) is 4.78. The fraction of sp³-hybridized carbons (Fsp3) is 0.222. The van der Waals surface area contributed by atoms with Crippen molar-refractivity contribution in [3.8, 4) is 23.0 Å². The minimum atomic E-state index is -3.68. The molecule has 0 unspecified atom stereocenters. The lowest BCUT2D eigenvalue weighted by molar-refractivity contribution is 0.171. The number of fused-ring (bicyclic) bond motifs is 1. The maximum atomic E-state index is 12.5. The van der Waals surface area contributed by atoms with Crippen LogP contribution >= 0.6 is 0 Å². The molecule has 0 saturated heterocycles. The van der Waals surface area contributed by atoms with Gasteiger partial charge in [0.2, 0.25) is 10.0 Å². The lowest BCUT2D eigenvalue weighted by atomic mass is 10.2. The highest BCUT2D eigenvalue weighted by Gasteiger charge is 2.19. The van der Waals surface area contributed by atoms with E-state index in [1.165, 1.54) is 12.1 Å². The first-order valence-electron chi connectivity index (χ1n) is 8.39. The van der Waals surface area contributed by atoms with Gasteiger partial charge in [0.1, 0.15) is 13.2 Å². The fourth-order valence-corrected chi connectivity index (χ4v) is 3.67. The van der Waals surface area contributed by atoms with E-state index in [0.29, 0.717) is 42.8 Å². The van der Waals surface area contributed by atoms with E-state index in [2.05, 4.69) is 14.9 Å². The molecule has 1 aliphatic heterocycles. The standard InChI is InChI=1S/C18H17N3O5S/c22-27(23,14-6-7-15-16(12-14)25-11-10-24-15)19-9-8-17-20-18(26-21-17)13-4-2-1-3-5-13/h1-7,12,19H,8-11H2. The molecule has 4 rings (SSSR count). The average molecular weight is 387 g/mol. The fourth-order valence-electron chi connectivity index (χ4n) is 2.62. The molecule has 1 aliphatic rings. The summed E-state index contributed by atoms with van der Waals surface area (Å²) < 4.78 is 43.5. The molecule has 1 aromatic heterocycles. The second-order valence-corrected chi connectivity index (χ2v) is 7.60. The second kappa shape index (κ2) is 7.37. The predicted octanol–water partition coefficient (Wildman–Crippen LogP) is 2.03. The molecule has 0 aliphatic carbocycles. The molecule has 0 spiro atoms. The quantitative estimate of drug-likeness (QED) is 0.690. The molecule has 2 aromatic carbocycles. The molecule has 0 amide bonds. The zero-order valence-corrected chi connectivity index (χ0v) is 15.1. The molecule has 1 N–H and O–H groups in total. The summed E-state index contributed by atoms with van der Waals surface area (Å²) in [4.78, 5) is 4.40. The summed E-state index contributed by atoms with van der Waals surface area (Å²) in [5.41, 5.74) is 0.813. The maximum absolute atomic E-state index is 12.5. The van der Waals surface area contributed by atoms with Crippen LogP contribution in [0.1, 0.15) is 5.82 Å². The number of nitrogens with zero attached hydrogens (tertiary/aromatic N) is 2. The number of ether oxygens (including phenoxy) is 2. The lowest BCUT2D eigenvalue weighted by Crippen LogP contribution is -2.26. The van der Waals surface area contributed by atoms with Crippen LogP contribution in [0.25, 0.3) is 11.5 Å². The minimum Gasteiger partial charge on any atom is -0.486 e. The number of aromatic nitrogens is 2. The van der Waals surface area contributed by atoms with Crippen molar-refractivity contribution in [1.82, 2.24) is 14.9 Å². The van der Waals surface area contributed by atoms with Gasteiger partial charge in [0.25, 0.3) is 5.89 Å². The Bertz CT molecular complexity index is 1030. The third-order valence-corrected chi connectivity index (χ3v) is 5.41. The first-order valence-corrected chi connectivity index (χ1v) is 9.87. The number of benzene rings is 2. The van der Waals surface area contributed by atoms with Crippen molar-refractivity contribution < 1.29 is 22.4 Å². The smallest absolute Gasteiger partial charge is 0.257 e. The third-order valence-electron chi connectivity index (χ3n) is 3.95. The molecular formula is C18H17N3O5S. The van der Waals surface area contributed by atoms with Crippen LogP contribution in [0.5, 0.6) is 11.5 Å². The van der Waals surface area contributed by atoms with Gasteiger partial charge >= 0.3 is 0 Å². The van der Waals surface area contributed by atoms with Gasteiger partial charge in [0.05, 0.1) is 4.90 Å². The molecule has 0 atom stereocenters. The van der Waals surface area contributed by atoms with Gasteiger partial charge in [-0.15, -0.1) is 0 Å². The summed E-state index contributed by atoms with van der Waals surface area (Å²) in [5, 5.41) is 3.89. The first-order chi connectivity index (χ1) is 13.1. The molecule has 140 valence electrons. The van der Waals surface area contributed by atoms with Crippen LogP contribution in [0.3, 0.4) is 0 Å². The molecule has 27 heavy (non-hydrogen) atoms. The molecule has 8 nitrogen and oxygen atoms in total. The van der Waals surface area contributed by atoms with E-state index in [9.17, 15) is 8.42 Å². The number of rotatable bonds is 6. The van der Waals surface area contributed by atoms with E-state index in [1.54, 1.807) is 6.07 Å². The van der Waals surface area contributed by atoms with E-state index < -0.39 is 10.0 Å². The number of nitrogens with one attached hydrogen (secondary N) is 1. The topological polar surface area (TPSA) is 104 Å². The van der Waals surface area contributed by atoms with Gasteiger partial charge in [-0.1, -0.05) is 23.4 Å². The van der Waals surface area contributed by atoms with Crippen LogP contribution in [0.4, 0.5) is 0 Å². The summed E-state index contributed by atoms with van der Waals surface area (Å²) in [7, 11) is -3.68. The summed E-state index contributed by atoms with van der Waals surface area (Å²) in [6.07, 6.45) is 0.306. The Hall–Kier alpha value is -2.91. The highest BCUT2D eigenvalue weighted by atomic mass is 32.2. The monoisotopic (exact) mass is 387 g/mol. The summed E-state index contributed by atoms with van der Waals surface area (Å²) in [6.45, 7) is 0.989. The first kappa shape index (κ1) is 17.5. The molecular weight excluding hydrogens is 370 g/mol. The van der Waals surface area contributed by atoms with Gasteiger partial charge in [-0.3, -0.25) is 0 Å². The van der Waals surface area contributed by atoms with Crippen molar-refractivity contribution in [2.24, 2.45) is 0 Å². The van der Waals surface area contributed by atoms with Crippen molar-refractivity contribution in [1.29, 1.82) is 0 Å². The lowest BCUT2D eigenvalue weighted by Gasteiger charge is -2.18. The maximum Gasteiger partial charge on any atom is 0.257 e. The highest BCUT2D eigenvalue weighted by Crippen LogP contribution is 2.32. The van der Waals surface area contributed by atoms with E-state index in [0.717, 1.165) is 5.56 Å². The highest BCUT2D eigenvalue weighted by molar-refractivity contribution is 7.89. The van der Waals surface area contributed by atoms with Gasteiger partial charge in [-0.2, -0.15) is 4.98 Å². The number of hydrogen-bond acceptors (Lipinski definition) is 7. The van der Waals surface area contributed by atoms with Crippen molar-refractivity contribution >= 4 is 10.0 Å². The Balaban J connectivity index is 1.39. The number of sulfonamides is 1. The summed E-state index contributed by atoms with van der Waals surface area (Å²) in [6, 6.07) is 13.9. The molecule has 0 bridgehead atoms. The van der Waals surface area contributed by atoms with Crippen molar-refractivity contribution in [2.75, 3.05) is 19.8 Å². The van der Waals surface area contributed by atoms with Crippen LogP contribution in [0.15, 0.2) is 57.9 Å². The zero-order chi connectivity index (χ0) is 18.7. The normalized spacial score (nSPS) is 13.5. The Labute approximate surface area is 156 Å². The molecule has 9 heteroatoms. The van der Waals surface area contributed by atoms with Gasteiger partial charge in [0, 0.05) is 24.6 Å². The van der Waals surface area contributed by atoms with Crippen molar-refractivity contribution in [3.63, 3.8) is 0 Å². The van der Waals surface area contributed by atoms with Crippen LogP contribution in [0, 0.1) is 0 Å². The van der Waals surface area contributed by atoms with Crippen molar-refractivity contribution in [3.05, 3.63) is 54.4 Å².